The molecule has 4 nitrogen and oxygen atoms in total. The van der Waals surface area contributed by atoms with E-state index in [0.717, 1.165) is 44.8 Å². The Hall–Kier alpha value is -1.72. The zero-order valence-electron chi connectivity index (χ0n) is 15.2. The molecule has 0 bridgehead atoms. The summed E-state index contributed by atoms with van der Waals surface area (Å²) in [6.45, 7) is 6.39. The van der Waals surface area contributed by atoms with Crippen molar-refractivity contribution in [2.45, 2.75) is 19.1 Å². The van der Waals surface area contributed by atoms with Crippen LogP contribution in [0.5, 0.6) is 0 Å². The fraction of sp³-hybridized carbons (Fsp3) is 0.455. The summed E-state index contributed by atoms with van der Waals surface area (Å²) < 4.78 is 16.8. The van der Waals surface area contributed by atoms with Crippen molar-refractivity contribution >= 4 is 0 Å². The molecule has 0 aliphatic carbocycles. The van der Waals surface area contributed by atoms with E-state index in [1.807, 2.05) is 6.07 Å². The van der Waals surface area contributed by atoms with E-state index >= 15 is 0 Å². The molecule has 2 fully saturated rings. The summed E-state index contributed by atoms with van der Waals surface area (Å²) in [4.78, 5) is 2.50. The van der Waals surface area contributed by atoms with Crippen LogP contribution in [0, 0.1) is 0 Å². The Bertz CT molecular complexity index is 689. The SMILES string of the molecule is c1ccc(C2OCCO2)c(-c2ccc(CCCN3CCOCC3)cc2)c1. The molecule has 2 aromatic rings. The van der Waals surface area contributed by atoms with Crippen LogP contribution >= 0.6 is 0 Å². The lowest BCUT2D eigenvalue weighted by Gasteiger charge is -2.26. The van der Waals surface area contributed by atoms with Crippen LogP contribution in [0.4, 0.5) is 0 Å². The average molecular weight is 353 g/mol. The predicted molar refractivity (Wildman–Crippen MR) is 102 cm³/mol. The van der Waals surface area contributed by atoms with Gasteiger partial charge in [-0.3, -0.25) is 4.90 Å². The predicted octanol–water partition coefficient (Wildman–Crippen LogP) is 3.66. The molecule has 2 aromatic carbocycles. The van der Waals surface area contributed by atoms with E-state index in [4.69, 9.17) is 14.2 Å². The number of rotatable bonds is 6. The molecule has 138 valence electrons. The van der Waals surface area contributed by atoms with Crippen molar-refractivity contribution in [1.82, 2.24) is 4.90 Å². The van der Waals surface area contributed by atoms with Crippen LogP contribution in [0.25, 0.3) is 11.1 Å². The monoisotopic (exact) mass is 353 g/mol. The molecule has 2 aliphatic heterocycles. The molecule has 0 atom stereocenters. The van der Waals surface area contributed by atoms with Crippen LogP contribution < -0.4 is 0 Å². The number of hydrogen-bond acceptors (Lipinski definition) is 4. The van der Waals surface area contributed by atoms with E-state index in [1.165, 1.54) is 23.1 Å². The second kappa shape index (κ2) is 8.78. The summed E-state index contributed by atoms with van der Waals surface area (Å²) in [6.07, 6.45) is 2.08. The van der Waals surface area contributed by atoms with Crippen molar-refractivity contribution in [2.24, 2.45) is 0 Å². The van der Waals surface area contributed by atoms with Gasteiger partial charge in [-0.05, 0) is 36.1 Å². The number of benzene rings is 2. The molecular weight excluding hydrogens is 326 g/mol. The number of aryl methyl sites for hydroxylation is 1. The van der Waals surface area contributed by atoms with Gasteiger partial charge in [-0.1, -0.05) is 48.5 Å². The largest absolute Gasteiger partial charge is 0.379 e. The third-order valence-electron chi connectivity index (χ3n) is 5.14. The van der Waals surface area contributed by atoms with Crippen molar-refractivity contribution < 1.29 is 14.2 Å². The van der Waals surface area contributed by atoms with E-state index < -0.39 is 0 Å². The summed E-state index contributed by atoms with van der Waals surface area (Å²) >= 11 is 0. The van der Waals surface area contributed by atoms with Crippen molar-refractivity contribution in [3.63, 3.8) is 0 Å². The second-order valence-electron chi connectivity index (χ2n) is 6.92. The van der Waals surface area contributed by atoms with Crippen molar-refractivity contribution in [3.05, 3.63) is 59.7 Å². The molecule has 0 aromatic heterocycles. The van der Waals surface area contributed by atoms with Crippen LogP contribution in [0.3, 0.4) is 0 Å². The standard InChI is InChI=1S/C22H27NO3/c1-2-6-21(22-25-16-17-26-22)20(5-1)19-9-7-18(8-10-19)4-3-11-23-12-14-24-15-13-23/h1-2,5-10,22H,3-4,11-17H2. The lowest BCUT2D eigenvalue weighted by atomic mass is 9.97. The highest BCUT2D eigenvalue weighted by atomic mass is 16.7. The molecule has 0 spiro atoms. The molecule has 0 N–H and O–H groups in total. The molecule has 0 saturated carbocycles. The molecule has 0 unspecified atom stereocenters. The lowest BCUT2D eigenvalue weighted by molar-refractivity contribution is -0.0436. The average Bonchev–Trinajstić information content (AvgIpc) is 3.24. The number of morpholine rings is 1. The first-order valence-corrected chi connectivity index (χ1v) is 9.62. The second-order valence-corrected chi connectivity index (χ2v) is 6.92. The first-order chi connectivity index (χ1) is 12.9. The maximum atomic E-state index is 5.70. The summed E-state index contributed by atoms with van der Waals surface area (Å²) in [6, 6.07) is 17.3. The first-order valence-electron chi connectivity index (χ1n) is 9.62. The Morgan fingerprint density at radius 3 is 2.35 bits per heavy atom. The Balaban J connectivity index is 1.38. The Morgan fingerprint density at radius 2 is 1.58 bits per heavy atom. The van der Waals surface area contributed by atoms with Crippen LogP contribution in [-0.2, 0) is 20.6 Å². The van der Waals surface area contributed by atoms with E-state index in [9.17, 15) is 0 Å². The van der Waals surface area contributed by atoms with Gasteiger partial charge in [0.05, 0.1) is 26.4 Å². The fourth-order valence-electron chi connectivity index (χ4n) is 3.69. The van der Waals surface area contributed by atoms with E-state index in [0.29, 0.717) is 13.2 Å². The van der Waals surface area contributed by atoms with Gasteiger partial charge in [-0.2, -0.15) is 0 Å². The summed E-state index contributed by atoms with van der Waals surface area (Å²) in [5, 5.41) is 0. The maximum absolute atomic E-state index is 5.70. The summed E-state index contributed by atoms with van der Waals surface area (Å²) in [5.74, 6) is 0. The molecule has 4 rings (SSSR count). The van der Waals surface area contributed by atoms with Gasteiger partial charge < -0.3 is 14.2 Å². The minimum absolute atomic E-state index is 0.237. The van der Waals surface area contributed by atoms with Crippen LogP contribution in [0.15, 0.2) is 48.5 Å². The van der Waals surface area contributed by atoms with E-state index in [1.54, 1.807) is 0 Å². The highest BCUT2D eigenvalue weighted by molar-refractivity contribution is 5.68. The molecule has 0 amide bonds. The quantitative estimate of drug-likeness (QED) is 0.793. The normalized spacial score (nSPS) is 19.1. The number of hydrogen-bond donors (Lipinski definition) is 0. The summed E-state index contributed by atoms with van der Waals surface area (Å²) in [5.41, 5.74) is 4.92. The summed E-state index contributed by atoms with van der Waals surface area (Å²) in [7, 11) is 0. The van der Waals surface area contributed by atoms with Crippen molar-refractivity contribution in [2.75, 3.05) is 46.1 Å². The molecule has 2 saturated heterocycles. The number of nitrogens with zero attached hydrogens (tertiary/aromatic N) is 1. The molecule has 0 radical (unpaired) electrons. The van der Waals surface area contributed by atoms with Gasteiger partial charge in [0.1, 0.15) is 0 Å². The number of ether oxygens (including phenoxy) is 3. The Kier molecular flexibility index (Phi) is 5.97. The molecule has 26 heavy (non-hydrogen) atoms. The van der Waals surface area contributed by atoms with Gasteiger partial charge in [0.15, 0.2) is 6.29 Å². The highest BCUT2D eigenvalue weighted by Crippen LogP contribution is 2.32. The minimum Gasteiger partial charge on any atom is -0.379 e. The molecule has 2 aliphatic rings. The minimum atomic E-state index is -0.237. The molecule has 2 heterocycles. The Morgan fingerprint density at radius 1 is 0.846 bits per heavy atom. The van der Waals surface area contributed by atoms with E-state index in [2.05, 4.69) is 47.4 Å². The smallest absolute Gasteiger partial charge is 0.184 e. The van der Waals surface area contributed by atoms with E-state index in [-0.39, 0.29) is 6.29 Å². The van der Waals surface area contributed by atoms with Gasteiger partial charge in [0, 0.05) is 18.7 Å². The Labute approximate surface area is 155 Å². The van der Waals surface area contributed by atoms with Gasteiger partial charge in [-0.15, -0.1) is 0 Å². The third kappa shape index (κ3) is 4.33. The van der Waals surface area contributed by atoms with Gasteiger partial charge in [-0.25, -0.2) is 0 Å². The van der Waals surface area contributed by atoms with Gasteiger partial charge in [0.2, 0.25) is 0 Å². The first kappa shape index (κ1) is 17.7. The zero-order chi connectivity index (χ0) is 17.6. The van der Waals surface area contributed by atoms with Crippen molar-refractivity contribution in [3.8, 4) is 11.1 Å². The van der Waals surface area contributed by atoms with Crippen molar-refractivity contribution in [1.29, 1.82) is 0 Å². The fourth-order valence-corrected chi connectivity index (χ4v) is 3.69. The van der Waals surface area contributed by atoms with Gasteiger partial charge in [0.25, 0.3) is 0 Å². The molecule has 4 heteroatoms. The van der Waals surface area contributed by atoms with Crippen LogP contribution in [0.2, 0.25) is 0 Å². The maximum Gasteiger partial charge on any atom is 0.184 e. The highest BCUT2D eigenvalue weighted by Gasteiger charge is 2.21. The topological polar surface area (TPSA) is 30.9 Å². The van der Waals surface area contributed by atoms with Crippen LogP contribution in [0.1, 0.15) is 23.8 Å². The van der Waals surface area contributed by atoms with Crippen LogP contribution in [-0.4, -0.2) is 51.0 Å². The zero-order valence-corrected chi connectivity index (χ0v) is 15.2. The third-order valence-corrected chi connectivity index (χ3v) is 5.14. The molecular formula is C22H27NO3. The van der Waals surface area contributed by atoms with Gasteiger partial charge >= 0.3 is 0 Å². The lowest BCUT2D eigenvalue weighted by Crippen LogP contribution is -2.36.